The summed E-state index contributed by atoms with van der Waals surface area (Å²) in [6.07, 6.45) is 0.806. The number of nitrogens with zero attached hydrogens (tertiary/aromatic N) is 1. The van der Waals surface area contributed by atoms with Crippen LogP contribution in [0.25, 0.3) is 0 Å². The first-order valence-corrected chi connectivity index (χ1v) is 9.77. The third-order valence-corrected chi connectivity index (χ3v) is 5.37. The van der Waals surface area contributed by atoms with Crippen molar-refractivity contribution in [2.75, 3.05) is 11.9 Å². The zero-order chi connectivity index (χ0) is 22.9. The average molecular weight is 436 g/mol. The van der Waals surface area contributed by atoms with Gasteiger partial charge in [-0.2, -0.15) is 8.78 Å². The summed E-state index contributed by atoms with van der Waals surface area (Å²) in [7, 11) is 0. The molecular formula is C21H21BF4N2O3. The Labute approximate surface area is 177 Å². The third kappa shape index (κ3) is 4.58. The number of hydrogen-bond donors (Lipinski definition) is 2. The zero-order valence-corrected chi connectivity index (χ0v) is 17.0. The lowest BCUT2D eigenvalue weighted by Gasteiger charge is -2.29. The smallest absolute Gasteiger partial charge is 0.352 e. The minimum absolute atomic E-state index is 0.0235. The topological polar surface area (TPSA) is 69.6 Å². The van der Waals surface area contributed by atoms with Crippen molar-refractivity contribution >= 4 is 24.4 Å². The van der Waals surface area contributed by atoms with Crippen molar-refractivity contribution in [1.29, 1.82) is 0 Å². The first kappa shape index (κ1) is 22.8. The maximum Gasteiger partial charge on any atom is 0.352 e. The first-order valence-electron chi connectivity index (χ1n) is 9.77. The average Bonchev–Trinajstić information content (AvgIpc) is 3.20. The zero-order valence-electron chi connectivity index (χ0n) is 17.0. The van der Waals surface area contributed by atoms with Crippen LogP contribution in [0.3, 0.4) is 0 Å². The Morgan fingerprint density at radius 1 is 1.16 bits per heavy atom. The Morgan fingerprint density at radius 2 is 1.84 bits per heavy atom. The second kappa shape index (κ2) is 8.70. The molecule has 10 heteroatoms. The summed E-state index contributed by atoms with van der Waals surface area (Å²) in [6, 6.07) is 6.14. The molecule has 1 fully saturated rings. The van der Waals surface area contributed by atoms with E-state index in [1.54, 1.807) is 0 Å². The van der Waals surface area contributed by atoms with Crippen LogP contribution in [-0.2, 0) is 10.7 Å². The molecule has 2 N–H and O–H groups in total. The Kier molecular flexibility index (Phi) is 6.40. The van der Waals surface area contributed by atoms with Crippen LogP contribution >= 0.6 is 0 Å². The molecule has 0 saturated carbocycles. The van der Waals surface area contributed by atoms with E-state index in [9.17, 15) is 32.2 Å². The van der Waals surface area contributed by atoms with Crippen molar-refractivity contribution in [2.24, 2.45) is 0 Å². The molecule has 0 unspecified atom stereocenters. The van der Waals surface area contributed by atoms with Crippen molar-refractivity contribution in [2.45, 2.75) is 38.5 Å². The molecule has 164 valence electrons. The van der Waals surface area contributed by atoms with Gasteiger partial charge in [0.15, 0.2) is 0 Å². The second-order valence-corrected chi connectivity index (χ2v) is 7.64. The lowest BCUT2D eigenvalue weighted by Crippen LogP contribution is -2.49. The Morgan fingerprint density at radius 3 is 2.48 bits per heavy atom. The van der Waals surface area contributed by atoms with Gasteiger partial charge in [-0.3, -0.25) is 9.59 Å². The number of alkyl halides is 2. The van der Waals surface area contributed by atoms with E-state index >= 15 is 0 Å². The number of benzene rings is 2. The van der Waals surface area contributed by atoms with Crippen LogP contribution in [0.2, 0.25) is 6.82 Å². The molecule has 1 heterocycles. The van der Waals surface area contributed by atoms with Crippen molar-refractivity contribution in [3.05, 3.63) is 64.7 Å². The maximum atomic E-state index is 15.0. The van der Waals surface area contributed by atoms with Gasteiger partial charge in [0.25, 0.3) is 11.8 Å². The summed E-state index contributed by atoms with van der Waals surface area (Å²) in [5.74, 6) is -9.27. The van der Waals surface area contributed by atoms with Crippen molar-refractivity contribution in [1.82, 2.24) is 4.90 Å². The Hall–Kier alpha value is -2.88. The highest BCUT2D eigenvalue weighted by molar-refractivity contribution is 6.51. The van der Waals surface area contributed by atoms with E-state index in [2.05, 4.69) is 5.32 Å². The molecule has 0 radical (unpaired) electrons. The van der Waals surface area contributed by atoms with Crippen molar-refractivity contribution in [3.63, 3.8) is 0 Å². The number of aryl methyl sites for hydroxylation is 1. The number of likely N-dealkylation sites (tertiary alicyclic amines) is 1. The van der Waals surface area contributed by atoms with Gasteiger partial charge in [-0.25, -0.2) is 8.78 Å². The molecule has 1 aliphatic heterocycles. The molecular weight excluding hydrogens is 415 g/mol. The monoisotopic (exact) mass is 436 g/mol. The molecule has 0 spiro atoms. The first-order chi connectivity index (χ1) is 14.5. The fourth-order valence-electron chi connectivity index (χ4n) is 3.67. The maximum absolute atomic E-state index is 15.0. The van der Waals surface area contributed by atoms with Gasteiger partial charge >= 0.3 is 12.8 Å². The standard InChI is InChI=1S/C21H21BF4N2O3/c1-12-10-14(6-8-16(12)23)27-19(29)13-5-7-17(24)15(11-13)21(25,26)20(30)28-9-3-4-18(28)22(2)31/h5-8,10-11,18,31H,3-4,9H2,1-2H3,(H,27,29)/t18-/m0/s1. The van der Waals surface area contributed by atoms with Crippen molar-refractivity contribution in [3.8, 4) is 0 Å². The molecule has 3 rings (SSSR count). The normalized spacial score (nSPS) is 16.4. The van der Waals surface area contributed by atoms with E-state index in [4.69, 9.17) is 0 Å². The van der Waals surface area contributed by atoms with E-state index < -0.39 is 47.8 Å². The molecule has 2 aromatic rings. The van der Waals surface area contributed by atoms with Gasteiger partial charge in [-0.05, 0) is 61.7 Å². The Bertz CT molecular complexity index is 1020. The van der Waals surface area contributed by atoms with Gasteiger partial charge in [-0.15, -0.1) is 0 Å². The molecule has 0 aromatic heterocycles. The van der Waals surface area contributed by atoms with E-state index in [1.165, 1.54) is 25.9 Å². The summed E-state index contributed by atoms with van der Waals surface area (Å²) in [6.45, 7) is 1.90. The van der Waals surface area contributed by atoms with Crippen LogP contribution in [-0.4, -0.2) is 41.1 Å². The van der Waals surface area contributed by atoms with Crippen LogP contribution in [0.1, 0.15) is 34.3 Å². The lowest BCUT2D eigenvalue weighted by atomic mass is 9.62. The van der Waals surface area contributed by atoms with E-state index in [-0.39, 0.29) is 23.4 Å². The van der Waals surface area contributed by atoms with Crippen molar-refractivity contribution < 1.29 is 32.2 Å². The second-order valence-electron chi connectivity index (χ2n) is 7.64. The highest BCUT2D eigenvalue weighted by Crippen LogP contribution is 2.35. The molecule has 1 aliphatic rings. The summed E-state index contributed by atoms with van der Waals surface area (Å²) >= 11 is 0. The summed E-state index contributed by atoms with van der Waals surface area (Å²) in [5, 5.41) is 12.2. The quantitative estimate of drug-likeness (QED) is 0.554. The number of nitrogens with one attached hydrogen (secondary N) is 1. The Balaban J connectivity index is 1.87. The summed E-state index contributed by atoms with van der Waals surface area (Å²) in [4.78, 5) is 25.9. The molecule has 2 amide bonds. The number of carbonyl (C=O) groups is 2. The highest BCUT2D eigenvalue weighted by Gasteiger charge is 2.49. The fraction of sp³-hybridized carbons (Fsp3) is 0.333. The number of amides is 2. The highest BCUT2D eigenvalue weighted by atomic mass is 19.3. The number of rotatable bonds is 5. The van der Waals surface area contributed by atoms with E-state index in [0.29, 0.717) is 25.0 Å². The molecule has 0 bridgehead atoms. The van der Waals surface area contributed by atoms with Crippen LogP contribution in [0.15, 0.2) is 36.4 Å². The van der Waals surface area contributed by atoms with Gasteiger partial charge in [0.05, 0.1) is 5.56 Å². The SMILES string of the molecule is CB(O)[C@@H]1CCCN1C(=O)C(F)(F)c1cc(C(=O)Nc2ccc(F)c(C)c2)ccc1F. The molecule has 31 heavy (non-hydrogen) atoms. The van der Waals surface area contributed by atoms with E-state index in [1.807, 2.05) is 0 Å². The predicted octanol–water partition coefficient (Wildman–Crippen LogP) is 3.76. The summed E-state index contributed by atoms with van der Waals surface area (Å²) < 4.78 is 57.6. The van der Waals surface area contributed by atoms with Crippen LogP contribution in [0, 0.1) is 18.6 Å². The molecule has 2 aromatic carbocycles. The van der Waals surface area contributed by atoms with Crippen LogP contribution < -0.4 is 5.32 Å². The summed E-state index contributed by atoms with van der Waals surface area (Å²) in [5.41, 5.74) is -1.02. The van der Waals surface area contributed by atoms with Gasteiger partial charge in [-0.1, -0.05) is 6.82 Å². The van der Waals surface area contributed by atoms with Gasteiger partial charge in [0, 0.05) is 23.7 Å². The fourth-order valence-corrected chi connectivity index (χ4v) is 3.67. The molecule has 1 atom stereocenters. The predicted molar refractivity (Wildman–Crippen MR) is 108 cm³/mol. The number of anilines is 1. The molecule has 0 aliphatic carbocycles. The van der Waals surface area contributed by atoms with Crippen LogP contribution in [0.4, 0.5) is 23.2 Å². The molecule has 5 nitrogen and oxygen atoms in total. The van der Waals surface area contributed by atoms with E-state index in [0.717, 1.165) is 17.0 Å². The van der Waals surface area contributed by atoms with Gasteiger partial charge in [0.1, 0.15) is 11.6 Å². The molecule has 1 saturated heterocycles. The minimum atomic E-state index is -4.23. The van der Waals surface area contributed by atoms with Gasteiger partial charge in [0.2, 0.25) is 0 Å². The minimum Gasteiger partial charge on any atom is -0.449 e. The van der Waals surface area contributed by atoms with Gasteiger partial charge < -0.3 is 15.2 Å². The van der Waals surface area contributed by atoms with Crippen LogP contribution in [0.5, 0.6) is 0 Å². The lowest BCUT2D eigenvalue weighted by molar-refractivity contribution is -0.159. The third-order valence-electron chi connectivity index (χ3n) is 5.37. The number of halogens is 4. The number of hydrogen-bond acceptors (Lipinski definition) is 3. The number of carbonyl (C=O) groups excluding carboxylic acids is 2. The largest absolute Gasteiger partial charge is 0.449 e.